The van der Waals surface area contributed by atoms with Crippen molar-refractivity contribution in [3.05, 3.63) is 68.2 Å². The summed E-state index contributed by atoms with van der Waals surface area (Å²) in [6.45, 7) is 0.360. The number of methoxy groups -OCH3 is 1. The maximum absolute atomic E-state index is 12.4. The second-order valence-electron chi connectivity index (χ2n) is 4.92. The quantitative estimate of drug-likeness (QED) is 0.587. The van der Waals surface area contributed by atoms with Gasteiger partial charge >= 0.3 is 0 Å². The lowest BCUT2D eigenvalue weighted by Crippen LogP contribution is -2.26. The third kappa shape index (κ3) is 4.07. The molecule has 23 heavy (non-hydrogen) atoms. The second kappa shape index (κ2) is 7.23. The number of halogens is 1. The average Bonchev–Trinajstić information content (AvgIpc) is 2.54. The van der Waals surface area contributed by atoms with Crippen LogP contribution in [0, 0.1) is 10.1 Å². The van der Waals surface area contributed by atoms with E-state index in [1.165, 1.54) is 29.2 Å². The fourth-order valence-corrected chi connectivity index (χ4v) is 2.55. The molecule has 0 fully saturated rings. The number of hydrogen-bond acceptors (Lipinski definition) is 4. The second-order valence-corrected chi connectivity index (χ2v) is 5.84. The van der Waals surface area contributed by atoms with Gasteiger partial charge in [-0.2, -0.15) is 0 Å². The average molecular weight is 379 g/mol. The van der Waals surface area contributed by atoms with E-state index in [1.54, 1.807) is 14.2 Å². The van der Waals surface area contributed by atoms with E-state index in [1.807, 2.05) is 18.2 Å². The van der Waals surface area contributed by atoms with Crippen molar-refractivity contribution < 1.29 is 14.5 Å². The molecule has 0 saturated heterocycles. The maximum atomic E-state index is 12.4. The van der Waals surface area contributed by atoms with Crippen molar-refractivity contribution in [3.8, 4) is 5.75 Å². The molecule has 2 aromatic rings. The van der Waals surface area contributed by atoms with Gasteiger partial charge in [0.2, 0.25) is 0 Å². The van der Waals surface area contributed by atoms with Crippen molar-refractivity contribution in [2.75, 3.05) is 14.2 Å². The van der Waals surface area contributed by atoms with Gasteiger partial charge in [0.1, 0.15) is 5.75 Å². The first-order chi connectivity index (χ1) is 10.9. The number of ether oxygens (including phenoxy) is 1. The standard InChI is InChI=1S/C16H15BrN2O4/c1-18(10-12-9-13(17)5-8-15(12)23-2)16(20)11-3-6-14(7-4-11)19(21)22/h3-9H,10H2,1-2H3. The lowest BCUT2D eigenvalue weighted by atomic mass is 10.1. The predicted molar refractivity (Wildman–Crippen MR) is 89.6 cm³/mol. The molecule has 0 atom stereocenters. The highest BCUT2D eigenvalue weighted by atomic mass is 79.9. The molecule has 1 amide bonds. The Morgan fingerprint density at radius 2 is 1.91 bits per heavy atom. The smallest absolute Gasteiger partial charge is 0.269 e. The van der Waals surface area contributed by atoms with Gasteiger partial charge in [0.25, 0.3) is 11.6 Å². The van der Waals surface area contributed by atoms with E-state index in [4.69, 9.17) is 4.74 Å². The molecule has 0 saturated carbocycles. The molecule has 0 bridgehead atoms. The van der Waals surface area contributed by atoms with Crippen molar-refractivity contribution in [2.45, 2.75) is 6.54 Å². The van der Waals surface area contributed by atoms with Crippen LogP contribution in [0.15, 0.2) is 46.9 Å². The highest BCUT2D eigenvalue weighted by Gasteiger charge is 2.15. The number of benzene rings is 2. The van der Waals surface area contributed by atoms with Gasteiger partial charge in [0.05, 0.1) is 12.0 Å². The SMILES string of the molecule is COc1ccc(Br)cc1CN(C)C(=O)c1ccc([N+](=O)[O-])cc1. The van der Waals surface area contributed by atoms with Crippen molar-refractivity contribution in [1.82, 2.24) is 4.90 Å². The highest BCUT2D eigenvalue weighted by molar-refractivity contribution is 9.10. The molecule has 0 radical (unpaired) electrons. The van der Waals surface area contributed by atoms with Crippen LogP contribution in [-0.4, -0.2) is 29.9 Å². The van der Waals surface area contributed by atoms with Gasteiger partial charge in [0, 0.05) is 41.3 Å². The van der Waals surface area contributed by atoms with Crippen molar-refractivity contribution in [2.24, 2.45) is 0 Å². The zero-order valence-corrected chi connectivity index (χ0v) is 14.2. The molecule has 0 aromatic heterocycles. The van der Waals surface area contributed by atoms with Crippen LogP contribution in [0.1, 0.15) is 15.9 Å². The summed E-state index contributed by atoms with van der Waals surface area (Å²) in [4.78, 5) is 24.1. The van der Waals surface area contributed by atoms with E-state index in [0.29, 0.717) is 17.9 Å². The Morgan fingerprint density at radius 1 is 1.26 bits per heavy atom. The molecule has 0 heterocycles. The first kappa shape index (κ1) is 17.0. The van der Waals surface area contributed by atoms with Gasteiger partial charge in [-0.25, -0.2) is 0 Å². The maximum Gasteiger partial charge on any atom is 0.269 e. The number of nitrogens with zero attached hydrogens (tertiary/aromatic N) is 2. The number of rotatable bonds is 5. The van der Waals surface area contributed by atoms with Crippen LogP contribution in [0.4, 0.5) is 5.69 Å². The van der Waals surface area contributed by atoms with E-state index in [-0.39, 0.29) is 11.6 Å². The number of carbonyl (C=O) groups is 1. The molecule has 0 N–H and O–H groups in total. The van der Waals surface area contributed by atoms with Crippen LogP contribution >= 0.6 is 15.9 Å². The molecule has 0 unspecified atom stereocenters. The molecule has 7 heteroatoms. The summed E-state index contributed by atoms with van der Waals surface area (Å²) >= 11 is 3.40. The van der Waals surface area contributed by atoms with Crippen LogP contribution in [0.5, 0.6) is 5.75 Å². The zero-order valence-electron chi connectivity index (χ0n) is 12.7. The fourth-order valence-electron chi connectivity index (χ4n) is 2.14. The topological polar surface area (TPSA) is 72.7 Å². The lowest BCUT2D eigenvalue weighted by Gasteiger charge is -2.19. The monoisotopic (exact) mass is 378 g/mol. The summed E-state index contributed by atoms with van der Waals surface area (Å²) in [5, 5.41) is 10.7. The molecule has 0 aliphatic rings. The third-order valence-corrected chi connectivity index (χ3v) is 3.81. The number of amides is 1. The Morgan fingerprint density at radius 3 is 2.48 bits per heavy atom. The number of nitro groups is 1. The summed E-state index contributed by atoms with van der Waals surface area (Å²) < 4.78 is 6.19. The predicted octanol–water partition coefficient (Wildman–Crippen LogP) is 3.64. The van der Waals surface area contributed by atoms with Crippen LogP contribution in [-0.2, 0) is 6.54 Å². The molecule has 120 valence electrons. The van der Waals surface area contributed by atoms with E-state index in [9.17, 15) is 14.9 Å². The van der Waals surface area contributed by atoms with Gasteiger partial charge in [-0.15, -0.1) is 0 Å². The third-order valence-electron chi connectivity index (χ3n) is 3.32. The minimum atomic E-state index is -0.496. The number of nitro benzene ring substituents is 1. The lowest BCUT2D eigenvalue weighted by molar-refractivity contribution is -0.384. The molecular formula is C16H15BrN2O4. The minimum Gasteiger partial charge on any atom is -0.496 e. The molecule has 2 rings (SSSR count). The molecule has 0 spiro atoms. The largest absolute Gasteiger partial charge is 0.496 e. The normalized spacial score (nSPS) is 10.2. The Kier molecular flexibility index (Phi) is 5.33. The number of carbonyl (C=O) groups excluding carboxylic acids is 1. The number of hydrogen-bond donors (Lipinski definition) is 0. The fraction of sp³-hybridized carbons (Fsp3) is 0.188. The summed E-state index contributed by atoms with van der Waals surface area (Å²) in [5.74, 6) is 0.471. The van der Waals surface area contributed by atoms with Crippen LogP contribution in [0.2, 0.25) is 0 Å². The van der Waals surface area contributed by atoms with Gasteiger partial charge in [0.15, 0.2) is 0 Å². The Labute approximate surface area is 142 Å². The summed E-state index contributed by atoms with van der Waals surface area (Å²) in [5.41, 5.74) is 1.21. The molecule has 0 aliphatic heterocycles. The Balaban J connectivity index is 2.17. The van der Waals surface area contributed by atoms with Gasteiger partial charge in [-0.3, -0.25) is 14.9 Å². The Bertz CT molecular complexity index is 731. The van der Waals surface area contributed by atoms with Crippen LogP contribution in [0.25, 0.3) is 0 Å². The number of non-ortho nitro benzene ring substituents is 1. The minimum absolute atomic E-state index is 0.0436. The molecular weight excluding hydrogens is 364 g/mol. The Hall–Kier alpha value is -2.41. The summed E-state index contributed by atoms with van der Waals surface area (Å²) in [6.07, 6.45) is 0. The molecule has 0 aliphatic carbocycles. The van der Waals surface area contributed by atoms with E-state index in [0.717, 1.165) is 10.0 Å². The van der Waals surface area contributed by atoms with E-state index >= 15 is 0 Å². The summed E-state index contributed by atoms with van der Waals surface area (Å²) in [6, 6.07) is 11.1. The summed E-state index contributed by atoms with van der Waals surface area (Å²) in [7, 11) is 3.25. The van der Waals surface area contributed by atoms with Crippen LogP contribution < -0.4 is 4.74 Å². The highest BCUT2D eigenvalue weighted by Crippen LogP contribution is 2.24. The van der Waals surface area contributed by atoms with Gasteiger partial charge < -0.3 is 9.64 Å². The molecule has 6 nitrogen and oxygen atoms in total. The zero-order chi connectivity index (χ0) is 17.0. The van der Waals surface area contributed by atoms with E-state index in [2.05, 4.69) is 15.9 Å². The van der Waals surface area contributed by atoms with Gasteiger partial charge in [-0.1, -0.05) is 15.9 Å². The van der Waals surface area contributed by atoms with Crippen molar-refractivity contribution in [1.29, 1.82) is 0 Å². The van der Waals surface area contributed by atoms with Gasteiger partial charge in [-0.05, 0) is 30.3 Å². The first-order valence-corrected chi connectivity index (χ1v) is 7.54. The van der Waals surface area contributed by atoms with Crippen LogP contribution in [0.3, 0.4) is 0 Å². The molecule has 2 aromatic carbocycles. The van der Waals surface area contributed by atoms with E-state index < -0.39 is 4.92 Å². The van der Waals surface area contributed by atoms with Crippen molar-refractivity contribution >= 4 is 27.5 Å². The first-order valence-electron chi connectivity index (χ1n) is 6.74. The van der Waals surface area contributed by atoms with Crippen molar-refractivity contribution in [3.63, 3.8) is 0 Å².